The van der Waals surface area contributed by atoms with Crippen molar-refractivity contribution in [1.29, 1.82) is 0 Å². The molecule has 2 aromatic heterocycles. The van der Waals surface area contributed by atoms with Gasteiger partial charge in [0.25, 0.3) is 5.91 Å². The van der Waals surface area contributed by atoms with E-state index in [0.29, 0.717) is 17.8 Å². The minimum Gasteiger partial charge on any atom is -0.350 e. The predicted molar refractivity (Wildman–Crippen MR) is 139 cm³/mol. The fraction of sp³-hybridized carbons (Fsp3) is 0.393. The number of benzene rings is 2. The van der Waals surface area contributed by atoms with Gasteiger partial charge in [-0.2, -0.15) is 0 Å². The molecule has 182 valence electrons. The van der Waals surface area contributed by atoms with Crippen LogP contribution in [0.2, 0.25) is 0 Å². The largest absolute Gasteiger partial charge is 0.350 e. The first-order valence-corrected chi connectivity index (χ1v) is 12.4. The van der Waals surface area contributed by atoms with E-state index in [-0.39, 0.29) is 30.1 Å². The summed E-state index contributed by atoms with van der Waals surface area (Å²) in [4.78, 5) is 33.1. The summed E-state index contributed by atoms with van der Waals surface area (Å²) in [6.45, 7) is 6.71. The maximum Gasteiger partial charge on any atom is 0.267 e. The summed E-state index contributed by atoms with van der Waals surface area (Å²) in [5.74, 6) is 1.06. The van der Waals surface area contributed by atoms with E-state index < -0.39 is 0 Å². The number of para-hydroxylation sites is 2. The highest BCUT2D eigenvalue weighted by Gasteiger charge is 2.27. The number of carbonyl (C=O) groups is 2. The number of Topliss-reactive ketones (excluding diaryl/α,β-unsaturated/α-hetero) is 1. The Morgan fingerprint density at radius 2 is 1.91 bits per heavy atom. The number of rotatable bonds is 7. The van der Waals surface area contributed by atoms with E-state index in [9.17, 15) is 9.59 Å². The fourth-order valence-corrected chi connectivity index (χ4v) is 5.08. The Balaban J connectivity index is 1.49. The molecule has 2 aromatic carbocycles. The van der Waals surface area contributed by atoms with Gasteiger partial charge in [0.1, 0.15) is 11.5 Å². The van der Waals surface area contributed by atoms with Gasteiger partial charge in [0.2, 0.25) is 0 Å². The van der Waals surface area contributed by atoms with E-state index in [1.54, 1.807) is 0 Å². The van der Waals surface area contributed by atoms with Gasteiger partial charge in [0.15, 0.2) is 5.78 Å². The standard InChI is InChI=1S/C28H33N5O2/c1-18-17-29-28(35)25-14-20-10-11-21(15-24(20)33(25)19(18)2)26(34)16-27-30-22-8-5-6-9-23(22)32(27)13-7-12-31(3)4/h5-6,8-11,14-15,18-19H,7,12-13,16-17H2,1-4H3,(H,29,35)/t18-,19-/m0/s1. The number of nitrogens with zero attached hydrogens (tertiary/aromatic N) is 4. The molecule has 5 rings (SSSR count). The second-order valence-electron chi connectivity index (χ2n) is 10.0. The highest BCUT2D eigenvalue weighted by atomic mass is 16.2. The van der Waals surface area contributed by atoms with Gasteiger partial charge >= 0.3 is 0 Å². The van der Waals surface area contributed by atoms with E-state index in [1.807, 2.05) is 42.5 Å². The molecule has 7 nitrogen and oxygen atoms in total. The van der Waals surface area contributed by atoms with E-state index in [0.717, 1.165) is 47.3 Å². The summed E-state index contributed by atoms with van der Waals surface area (Å²) in [7, 11) is 4.14. The van der Waals surface area contributed by atoms with Crippen molar-refractivity contribution in [3.05, 3.63) is 65.6 Å². The summed E-state index contributed by atoms with van der Waals surface area (Å²) in [5.41, 5.74) is 4.22. The van der Waals surface area contributed by atoms with Gasteiger partial charge in [-0.3, -0.25) is 9.59 Å². The molecule has 0 unspecified atom stereocenters. The first-order chi connectivity index (χ1) is 16.8. The highest BCUT2D eigenvalue weighted by molar-refractivity contribution is 6.03. The number of nitrogens with one attached hydrogen (secondary N) is 1. The van der Waals surface area contributed by atoms with E-state index in [2.05, 4.69) is 53.4 Å². The summed E-state index contributed by atoms with van der Waals surface area (Å²) < 4.78 is 4.28. The van der Waals surface area contributed by atoms with Crippen LogP contribution in [0.4, 0.5) is 0 Å². The summed E-state index contributed by atoms with van der Waals surface area (Å²) in [6, 6.07) is 15.9. The lowest BCUT2D eigenvalue weighted by Crippen LogP contribution is -2.26. The SMILES string of the molecule is C[C@H]1CNC(=O)c2cc3ccc(C(=O)Cc4nc5ccccc5n4CCCN(C)C)cc3n2[C@H]1C. The van der Waals surface area contributed by atoms with Gasteiger partial charge in [-0.15, -0.1) is 0 Å². The lowest BCUT2D eigenvalue weighted by Gasteiger charge is -2.20. The lowest BCUT2D eigenvalue weighted by molar-refractivity contribution is 0.0947. The Kier molecular flexibility index (Phi) is 6.19. The van der Waals surface area contributed by atoms with Crippen LogP contribution in [0.5, 0.6) is 0 Å². The molecule has 2 atom stereocenters. The Labute approximate surface area is 205 Å². The van der Waals surface area contributed by atoms with Crippen molar-refractivity contribution < 1.29 is 9.59 Å². The molecule has 0 saturated heterocycles. The maximum atomic E-state index is 13.5. The van der Waals surface area contributed by atoms with E-state index in [4.69, 9.17) is 4.98 Å². The zero-order chi connectivity index (χ0) is 24.7. The molecule has 0 radical (unpaired) electrons. The second kappa shape index (κ2) is 9.30. The molecular weight excluding hydrogens is 438 g/mol. The number of aromatic nitrogens is 3. The number of amides is 1. The Bertz CT molecular complexity index is 1410. The van der Waals surface area contributed by atoms with Crippen molar-refractivity contribution in [3.63, 3.8) is 0 Å². The number of hydrogen-bond acceptors (Lipinski definition) is 4. The molecule has 3 heterocycles. The normalized spacial score (nSPS) is 18.1. The van der Waals surface area contributed by atoms with Gasteiger partial charge in [-0.1, -0.05) is 31.2 Å². The van der Waals surface area contributed by atoms with Crippen LogP contribution in [0.15, 0.2) is 48.5 Å². The van der Waals surface area contributed by atoms with Crippen LogP contribution in [-0.2, 0) is 13.0 Å². The molecule has 0 saturated carbocycles. The van der Waals surface area contributed by atoms with Gasteiger partial charge in [0.05, 0.1) is 17.5 Å². The van der Waals surface area contributed by atoms with Gasteiger partial charge in [-0.05, 0) is 64.2 Å². The van der Waals surface area contributed by atoms with Crippen molar-refractivity contribution >= 4 is 33.6 Å². The maximum absolute atomic E-state index is 13.5. The molecule has 1 N–H and O–H groups in total. The monoisotopic (exact) mass is 471 g/mol. The molecule has 0 spiro atoms. The first kappa shape index (κ1) is 23.3. The molecule has 0 aliphatic carbocycles. The highest BCUT2D eigenvalue weighted by Crippen LogP contribution is 2.31. The third kappa shape index (κ3) is 4.36. The number of hydrogen-bond donors (Lipinski definition) is 1. The van der Waals surface area contributed by atoms with Crippen molar-refractivity contribution in [2.24, 2.45) is 5.92 Å². The molecule has 4 aromatic rings. The predicted octanol–water partition coefficient (Wildman–Crippen LogP) is 4.31. The average molecular weight is 472 g/mol. The van der Waals surface area contributed by atoms with Gasteiger partial charge < -0.3 is 19.4 Å². The first-order valence-electron chi connectivity index (χ1n) is 12.4. The van der Waals surface area contributed by atoms with Crippen molar-refractivity contribution in [2.75, 3.05) is 27.2 Å². The molecule has 35 heavy (non-hydrogen) atoms. The van der Waals surface area contributed by atoms with Crippen LogP contribution in [-0.4, -0.2) is 57.9 Å². The second-order valence-corrected chi connectivity index (χ2v) is 10.0. The Morgan fingerprint density at radius 3 is 2.71 bits per heavy atom. The quantitative estimate of drug-likeness (QED) is 0.408. The summed E-state index contributed by atoms with van der Waals surface area (Å²) >= 11 is 0. The number of ketones is 1. The number of fused-ring (bicyclic) bond motifs is 4. The molecule has 1 aliphatic heterocycles. The van der Waals surface area contributed by atoms with Crippen LogP contribution in [0, 0.1) is 5.92 Å². The number of carbonyl (C=O) groups excluding carboxylic acids is 2. The van der Waals surface area contributed by atoms with Gasteiger partial charge in [-0.25, -0.2) is 4.98 Å². The summed E-state index contributed by atoms with van der Waals surface area (Å²) in [5, 5.41) is 3.99. The number of imidazole rings is 1. The Hall–Kier alpha value is -3.45. The zero-order valence-electron chi connectivity index (χ0n) is 20.9. The third-order valence-electron chi connectivity index (χ3n) is 7.25. The molecule has 1 aliphatic rings. The van der Waals surface area contributed by atoms with Crippen LogP contribution in [0.25, 0.3) is 21.9 Å². The molecule has 1 amide bonds. The fourth-order valence-electron chi connectivity index (χ4n) is 5.08. The molecule has 0 bridgehead atoms. The lowest BCUT2D eigenvalue weighted by atomic mass is 10.0. The molecular formula is C28H33N5O2. The van der Waals surface area contributed by atoms with Crippen molar-refractivity contribution in [2.45, 2.75) is 39.3 Å². The van der Waals surface area contributed by atoms with Crippen molar-refractivity contribution in [1.82, 2.24) is 24.3 Å². The third-order valence-corrected chi connectivity index (χ3v) is 7.25. The van der Waals surface area contributed by atoms with Crippen LogP contribution < -0.4 is 5.32 Å². The van der Waals surface area contributed by atoms with Crippen molar-refractivity contribution in [3.8, 4) is 0 Å². The van der Waals surface area contributed by atoms with Crippen LogP contribution >= 0.6 is 0 Å². The Morgan fingerprint density at radius 1 is 1.11 bits per heavy atom. The number of aryl methyl sites for hydroxylation is 1. The summed E-state index contributed by atoms with van der Waals surface area (Å²) in [6.07, 6.45) is 1.22. The van der Waals surface area contributed by atoms with Crippen LogP contribution in [0.3, 0.4) is 0 Å². The minimum atomic E-state index is -0.0586. The van der Waals surface area contributed by atoms with Gasteiger partial charge in [0, 0.05) is 35.6 Å². The molecule has 0 fully saturated rings. The van der Waals surface area contributed by atoms with Crippen LogP contribution in [0.1, 0.15) is 53.0 Å². The smallest absolute Gasteiger partial charge is 0.267 e. The van der Waals surface area contributed by atoms with E-state index >= 15 is 0 Å². The minimum absolute atomic E-state index is 0.0328. The average Bonchev–Trinajstić information content (AvgIpc) is 3.36. The topological polar surface area (TPSA) is 72.2 Å². The zero-order valence-corrected chi connectivity index (χ0v) is 20.9. The molecule has 7 heteroatoms. The van der Waals surface area contributed by atoms with E-state index in [1.165, 1.54) is 0 Å².